The van der Waals surface area contributed by atoms with Crippen LogP contribution in [0.5, 0.6) is 0 Å². The van der Waals surface area contributed by atoms with Crippen LogP contribution in [0.1, 0.15) is 151 Å². The summed E-state index contributed by atoms with van der Waals surface area (Å²) in [5, 5.41) is 20.2. The lowest BCUT2D eigenvalue weighted by atomic mass is 10.0. The van der Waals surface area contributed by atoms with E-state index in [4.69, 9.17) is 27.8 Å². The normalized spacial score (nSPS) is 13.4. The van der Waals surface area contributed by atoms with Crippen molar-refractivity contribution in [3.63, 3.8) is 0 Å². The highest BCUT2D eigenvalue weighted by molar-refractivity contribution is 14.1. The number of nitrogens with zero attached hydrogens (tertiary/aromatic N) is 3. The highest BCUT2D eigenvalue weighted by atomic mass is 127. The van der Waals surface area contributed by atoms with Crippen molar-refractivity contribution < 1.29 is 34.1 Å². The number of halogens is 4. The molecule has 0 bridgehead atoms. The molecule has 3 N–H and O–H groups in total. The number of rotatable bonds is 17. The second-order valence-electron chi connectivity index (χ2n) is 26.5. The van der Waals surface area contributed by atoms with Gasteiger partial charge in [0, 0.05) is 95.2 Å². The highest BCUT2D eigenvalue weighted by Crippen LogP contribution is 2.30. The lowest BCUT2D eigenvalue weighted by Gasteiger charge is -2.16. The molecule has 100 heavy (non-hydrogen) atoms. The van der Waals surface area contributed by atoms with Crippen LogP contribution in [0, 0.1) is 74.3 Å². The van der Waals surface area contributed by atoms with Crippen LogP contribution >= 0.6 is 70.4 Å². The number of nitrogens with one attached hydrogen (secondary N) is 1. The molecule has 4 fully saturated rings. The lowest BCUT2D eigenvalue weighted by Crippen LogP contribution is -2.25. The largest absolute Gasteiger partial charge is 0.478 e. The van der Waals surface area contributed by atoms with Crippen LogP contribution < -0.4 is 5.32 Å². The number of carbonyl (C=O) groups is 4. The molecule has 4 aliphatic carbocycles. The van der Waals surface area contributed by atoms with E-state index in [9.17, 15) is 19.2 Å². The Bertz CT molecular complexity index is 4090. The Kier molecular flexibility index (Phi) is 35.3. The third kappa shape index (κ3) is 33.1. The third-order valence-electron chi connectivity index (χ3n) is 16.2. The van der Waals surface area contributed by atoms with E-state index in [0.29, 0.717) is 18.2 Å². The van der Waals surface area contributed by atoms with Gasteiger partial charge in [0.15, 0.2) is 0 Å². The summed E-state index contributed by atoms with van der Waals surface area (Å²) < 4.78 is 8.98. The lowest BCUT2D eigenvalue weighted by molar-refractivity contribution is -0.137. The highest BCUT2D eigenvalue weighted by Gasteiger charge is 2.28. The number of aryl methyl sites for hydroxylation is 5. The Morgan fingerprint density at radius 1 is 0.550 bits per heavy atom. The van der Waals surface area contributed by atoms with Crippen molar-refractivity contribution >= 4 is 114 Å². The number of carboxylic acids is 2. The minimum atomic E-state index is -1.10. The maximum absolute atomic E-state index is 11.6. The van der Waals surface area contributed by atoms with Crippen LogP contribution in [-0.4, -0.2) is 109 Å². The summed E-state index contributed by atoms with van der Waals surface area (Å²) in [7, 11) is 5.48. The zero-order chi connectivity index (χ0) is 73.6. The molecule has 0 aliphatic heterocycles. The number of hydrogen-bond donors (Lipinski definition) is 3. The number of aromatic carboxylic acids is 1. The van der Waals surface area contributed by atoms with Crippen LogP contribution in [0.3, 0.4) is 0 Å². The number of esters is 1. The number of carboxylic acid groups (broad SMARTS) is 2. The van der Waals surface area contributed by atoms with Crippen molar-refractivity contribution in [2.75, 3.05) is 27.7 Å². The molecule has 0 aromatic heterocycles. The first-order valence-electron chi connectivity index (χ1n) is 33.6. The number of carbonyl (C=O) groups excluding carboxylic acids is 2. The fourth-order valence-corrected chi connectivity index (χ4v) is 10.8. The van der Waals surface area contributed by atoms with Gasteiger partial charge in [-0.1, -0.05) is 158 Å². The summed E-state index contributed by atoms with van der Waals surface area (Å²) in [6, 6.07) is 48.5. The zero-order valence-corrected chi connectivity index (χ0v) is 67.7. The van der Waals surface area contributed by atoms with Gasteiger partial charge in [0.05, 0.1) is 12.2 Å². The second-order valence-corrected chi connectivity index (χ2v) is 35.1. The average molecular weight is 1670 g/mol. The van der Waals surface area contributed by atoms with E-state index in [0.717, 1.165) is 110 Å². The number of benzene rings is 7. The molecule has 0 saturated heterocycles. The van der Waals surface area contributed by atoms with Gasteiger partial charge in [0.1, 0.15) is 8.07 Å². The number of aliphatic carboxylic acids is 1. The smallest absolute Gasteiger partial charge is 0.335 e. The van der Waals surface area contributed by atoms with Crippen LogP contribution in [0.15, 0.2) is 165 Å². The molecule has 0 heterocycles. The molecular formula is C84H96Br3IN4O7Si. The van der Waals surface area contributed by atoms with Crippen molar-refractivity contribution in [2.45, 2.75) is 156 Å². The quantitative estimate of drug-likeness (QED) is 0.0265. The summed E-state index contributed by atoms with van der Waals surface area (Å²) >= 11 is 12.5. The van der Waals surface area contributed by atoms with E-state index in [2.05, 4.69) is 230 Å². The second kappa shape index (κ2) is 42.3. The first kappa shape index (κ1) is 83.5. The minimum absolute atomic E-state index is 0.0354. The zero-order valence-electron chi connectivity index (χ0n) is 59.8. The van der Waals surface area contributed by atoms with Crippen molar-refractivity contribution in [3.05, 3.63) is 252 Å². The summed E-state index contributed by atoms with van der Waals surface area (Å²) in [6.07, 6.45) is 26.8. The van der Waals surface area contributed by atoms with E-state index in [1.54, 1.807) is 37.3 Å². The number of ether oxygens (including phenoxy) is 1. The Labute approximate surface area is 635 Å². The Balaban J connectivity index is 0.000000218. The SMILES string of the molecule is C#C[Si](C)(C)C.C#Cc1cc(CN(C)C2CC2)ccc1C.CCOC(=O)/C=C\c1ccc(I)cc1.Cc1ccc(C(=O)NC2CC2)cc1Br.Cc1ccc(C(=O)O)cc1Br.Cc1ccc(CN(C)C2CC2)cc1Br.Cc1ccc(CN(C)C2CC2)cc1C#Cc1ccc(/C=C/C(=O)O)cc1. The predicted octanol–water partition coefficient (Wildman–Crippen LogP) is 19.5. The molecule has 11 nitrogen and oxygen atoms in total. The van der Waals surface area contributed by atoms with E-state index in [1.807, 2.05) is 80.6 Å². The fourth-order valence-electron chi connectivity index (χ4n) is 9.23. The maximum atomic E-state index is 11.6. The molecule has 11 rings (SSSR count). The van der Waals surface area contributed by atoms with Crippen LogP contribution in [-0.2, 0) is 34.0 Å². The van der Waals surface area contributed by atoms with Crippen molar-refractivity contribution in [1.82, 2.24) is 20.0 Å². The molecule has 16 heteroatoms. The molecule has 0 unspecified atom stereocenters. The van der Waals surface area contributed by atoms with Gasteiger partial charge in [-0.25, -0.2) is 14.4 Å². The van der Waals surface area contributed by atoms with Crippen molar-refractivity contribution in [2.24, 2.45) is 0 Å². The molecule has 0 atom stereocenters. The molecule has 0 spiro atoms. The molecule has 1 amide bonds. The standard InChI is InChI=1S/C23H23NO2.C14H17N.C12H16BrN.C11H12BrNO.C11H11IO2.C8H7BrO2.C5H10Si/c1-17-3-4-20(16-24(2)22-12-13-22)15-21(17)11-9-18-5-7-19(8-6-18)10-14-23(25)26;1-4-13-9-12(6-5-11(13)2)10-15(3)14-7-8-14;1-9-3-4-10(7-12(9)13)8-14(2)11-5-6-11;1-7-2-3-8(6-10(7)12)11(14)13-9-4-5-9;1-2-14-11(13)8-5-9-3-6-10(12)7-4-9;1-5-2-3-6(8(10)11)4-7(5)9;1-5-6(2,3)4/h3-8,10,14-15,22H,12-13,16H2,1-2H3,(H,25,26);1,5-6,9,14H,7-8,10H2,2-3H3;3-4,7,11H,5-6,8H2,1-2H3;2-3,6,9H,4-5H2,1H3,(H,13,14);3-8H,2H2,1H3;2-4H,1H3,(H,10,11);1H,2-4H3/b14-10+;;;;8-5-;;. The minimum Gasteiger partial charge on any atom is -0.478 e. The molecule has 4 saturated carbocycles. The van der Waals surface area contributed by atoms with Crippen LogP contribution in [0.2, 0.25) is 19.6 Å². The Morgan fingerprint density at radius 2 is 0.950 bits per heavy atom. The summed E-state index contributed by atoms with van der Waals surface area (Å²) in [6.45, 7) is 21.9. The molecule has 7 aromatic carbocycles. The number of hydrogen-bond acceptors (Lipinski definition) is 8. The topological polar surface area (TPSA) is 140 Å². The number of amides is 1. The fraction of sp³-hybridized carbons (Fsp3) is 0.333. The third-order valence-corrected chi connectivity index (χ3v) is 20.4. The summed E-state index contributed by atoms with van der Waals surface area (Å²) in [4.78, 5) is 50.9. The van der Waals surface area contributed by atoms with Gasteiger partial charge < -0.3 is 20.3 Å². The van der Waals surface area contributed by atoms with Gasteiger partial charge >= 0.3 is 17.9 Å². The van der Waals surface area contributed by atoms with Gasteiger partial charge in [-0.15, -0.1) is 18.4 Å². The monoisotopic (exact) mass is 1660 g/mol. The van der Waals surface area contributed by atoms with E-state index >= 15 is 0 Å². The maximum Gasteiger partial charge on any atom is 0.335 e. The van der Waals surface area contributed by atoms with Crippen LogP contribution in [0.25, 0.3) is 12.2 Å². The number of terminal acetylenes is 2. The van der Waals surface area contributed by atoms with Gasteiger partial charge in [-0.2, -0.15) is 0 Å². The van der Waals surface area contributed by atoms with Crippen LogP contribution in [0.4, 0.5) is 0 Å². The van der Waals surface area contributed by atoms with Crippen molar-refractivity contribution in [3.8, 4) is 36.2 Å². The van der Waals surface area contributed by atoms with Gasteiger partial charge in [-0.05, 0) is 271 Å². The first-order chi connectivity index (χ1) is 47.4. The predicted molar refractivity (Wildman–Crippen MR) is 434 cm³/mol. The van der Waals surface area contributed by atoms with Gasteiger partial charge in [-0.3, -0.25) is 19.5 Å². The summed E-state index contributed by atoms with van der Waals surface area (Å²) in [5.74, 6) is 7.11. The Morgan fingerprint density at radius 3 is 1.36 bits per heavy atom. The first-order valence-corrected chi connectivity index (χ1v) is 40.6. The molecule has 7 aromatic rings. The van der Waals surface area contributed by atoms with Gasteiger partial charge in [0.25, 0.3) is 5.91 Å². The van der Waals surface area contributed by atoms with Crippen molar-refractivity contribution in [1.29, 1.82) is 0 Å². The molecule has 526 valence electrons. The molecular weight excluding hydrogens is 1570 g/mol. The molecule has 4 aliphatic rings. The van der Waals surface area contributed by atoms with Gasteiger partial charge in [0.2, 0.25) is 0 Å². The Hall–Kier alpha value is -7.15. The van der Waals surface area contributed by atoms with E-state index in [-0.39, 0.29) is 11.9 Å². The van der Waals surface area contributed by atoms with E-state index in [1.165, 1.54) is 86.0 Å². The summed E-state index contributed by atoms with van der Waals surface area (Å²) in [5.41, 5.74) is 18.5. The van der Waals surface area contributed by atoms with E-state index < -0.39 is 20.0 Å². The molecule has 0 radical (unpaired) electrons. The average Bonchev–Trinajstić information content (AvgIpc) is 1.23.